The average molecular weight is 1070 g/mol. The van der Waals surface area contributed by atoms with Crippen molar-refractivity contribution in [2.45, 2.75) is 282 Å². The van der Waals surface area contributed by atoms with Crippen molar-refractivity contribution in [1.29, 1.82) is 0 Å². The normalized spacial score (nSPS) is 10.4. The molecule has 0 saturated carbocycles. The fraction of sp³-hybridized carbons (Fsp3) is 0.618. The number of pyridine rings is 2. The molecule has 436 valence electrons. The van der Waals surface area contributed by atoms with Gasteiger partial charge in [0.15, 0.2) is 0 Å². The minimum atomic E-state index is 0. The Morgan fingerprint density at radius 1 is 0.303 bits per heavy atom. The maximum Gasteiger partial charge on any atom is 0.130 e. The van der Waals surface area contributed by atoms with Gasteiger partial charge in [0.2, 0.25) is 0 Å². The summed E-state index contributed by atoms with van der Waals surface area (Å²) in [7, 11) is 0. The van der Waals surface area contributed by atoms with Gasteiger partial charge in [0.05, 0.1) is 5.69 Å². The van der Waals surface area contributed by atoms with E-state index < -0.39 is 0 Å². The lowest BCUT2D eigenvalue weighted by Crippen LogP contribution is -2.00. The minimum absolute atomic E-state index is 0. The zero-order valence-electron chi connectivity index (χ0n) is 48.6. The molecule has 76 heavy (non-hydrogen) atoms. The fourth-order valence-electron chi connectivity index (χ4n) is 6.21. The Bertz CT molecular complexity index is 1800. The largest absolute Gasteiger partial charge is 0.261 e. The Balaban J connectivity index is -0.000000190. The molecule has 0 spiro atoms. The molecule has 0 aliphatic heterocycles. The fourth-order valence-corrected chi connectivity index (χ4v) is 7.22. The van der Waals surface area contributed by atoms with Gasteiger partial charge in [0.1, 0.15) is 5.82 Å². The van der Waals surface area contributed by atoms with Crippen LogP contribution < -0.4 is 0 Å². The second-order valence-corrected chi connectivity index (χ2v) is 23.4. The van der Waals surface area contributed by atoms with Gasteiger partial charge >= 0.3 is 0 Å². The Morgan fingerprint density at radius 2 is 0.605 bits per heavy atom. The van der Waals surface area contributed by atoms with Gasteiger partial charge in [-0.15, -0.1) is 16.4 Å². The van der Waals surface area contributed by atoms with Crippen LogP contribution in [0.3, 0.4) is 0 Å². The number of rotatable bonds is 12. The zero-order valence-corrected chi connectivity index (χ0v) is 49.4. The van der Waals surface area contributed by atoms with Gasteiger partial charge in [-0.3, -0.25) is 9.97 Å². The van der Waals surface area contributed by atoms with E-state index in [1.54, 1.807) is 0 Å². The predicted molar refractivity (Wildman–Crippen MR) is 347 cm³/mol. The quantitative estimate of drug-likeness (QED) is 0.121. The molecule has 5 aromatic heterocycles. The lowest BCUT2D eigenvalue weighted by atomic mass is 9.97. The van der Waals surface area contributed by atoms with Crippen LogP contribution in [0, 0.1) is 0 Å². The Labute approximate surface area is 477 Å². The van der Waals surface area contributed by atoms with Gasteiger partial charge in [-0.2, -0.15) is 0 Å². The summed E-state index contributed by atoms with van der Waals surface area (Å²) in [6, 6.07) is 22.5. The highest BCUT2D eigenvalue weighted by Crippen LogP contribution is 2.29. The van der Waals surface area contributed by atoms with E-state index >= 15 is 0 Å². The summed E-state index contributed by atoms with van der Waals surface area (Å²) in [5.41, 5.74) is 10.1. The van der Waals surface area contributed by atoms with Gasteiger partial charge in [-0.05, 0) is 125 Å². The number of nitrogens with zero attached hydrogens (tertiary/aromatic N) is 7. The summed E-state index contributed by atoms with van der Waals surface area (Å²) in [5.74, 6) is 7.24. The lowest BCUT2D eigenvalue weighted by Gasteiger charge is -2.08. The molecule has 0 N–H and O–H groups in total. The van der Waals surface area contributed by atoms with Crippen molar-refractivity contribution in [3.05, 3.63) is 152 Å². The second-order valence-electron chi connectivity index (χ2n) is 22.2. The van der Waals surface area contributed by atoms with E-state index in [9.17, 15) is 0 Å². The summed E-state index contributed by atoms with van der Waals surface area (Å²) < 4.78 is 1.88. The van der Waals surface area contributed by atoms with E-state index in [0.29, 0.717) is 71.1 Å². The third kappa shape index (κ3) is 31.6. The zero-order chi connectivity index (χ0) is 53.4. The number of benzene rings is 1. The standard InChI is InChI=1S/C12H18.2C11H17N.C10H16N2.C10H16S.C8H15N3.6CH4/c1-9(2)11-5-7-12(8-6-11)10(3)4;2*1-8(2)10-5-6-11(9(3)4)12-7-10;1-7(2)9-5-11-10(8(3)4)12-6-9;1-7(2)9-5-6-10(11-9)8(3)4;1-6(2)8-5-11(7(3)4)10-9-8;;;;;;/h5-10H,1-4H3;2*5-9H,1-4H3;5-8H,1-4H3;5-8H,1-4H3;5-7H,1-4H3;6*1H4. The van der Waals surface area contributed by atoms with E-state index in [2.05, 4.69) is 257 Å². The van der Waals surface area contributed by atoms with E-state index in [-0.39, 0.29) is 44.6 Å². The van der Waals surface area contributed by atoms with E-state index in [1.807, 2.05) is 47.0 Å². The molecule has 0 amide bonds. The first-order valence-corrected chi connectivity index (χ1v) is 27.3. The monoisotopic (exact) mass is 1070 g/mol. The molecule has 0 fully saturated rings. The second kappa shape index (κ2) is 42.5. The van der Waals surface area contributed by atoms with Crippen LogP contribution in [0.15, 0.2) is 91.6 Å². The molecule has 6 rings (SSSR count). The third-order valence-electron chi connectivity index (χ3n) is 11.7. The number of hydrogen-bond acceptors (Lipinski definition) is 7. The molecule has 0 unspecified atom stereocenters. The van der Waals surface area contributed by atoms with Crippen molar-refractivity contribution >= 4 is 11.3 Å². The molecule has 7 nitrogen and oxygen atoms in total. The highest BCUT2D eigenvalue weighted by Gasteiger charge is 2.09. The summed E-state index contributed by atoms with van der Waals surface area (Å²) in [6.07, 6.45) is 9.83. The first kappa shape index (κ1) is 82.8. The minimum Gasteiger partial charge on any atom is -0.261 e. The molecule has 8 heteroatoms. The summed E-state index contributed by atoms with van der Waals surface area (Å²) in [4.78, 5) is 20.4. The Hall–Kier alpha value is -4.56. The molecule has 0 bridgehead atoms. The summed E-state index contributed by atoms with van der Waals surface area (Å²) in [5, 5.41) is 8.05. The van der Waals surface area contributed by atoms with Crippen LogP contribution in [0.4, 0.5) is 0 Å². The van der Waals surface area contributed by atoms with Gasteiger partial charge in [0, 0.05) is 64.1 Å². The smallest absolute Gasteiger partial charge is 0.130 e. The molecular formula is C68H123N7S. The number of thiophene rings is 1. The number of aromatic nitrogens is 7. The van der Waals surface area contributed by atoms with E-state index in [0.717, 1.165) is 11.5 Å². The maximum absolute atomic E-state index is 4.40. The van der Waals surface area contributed by atoms with Crippen molar-refractivity contribution in [3.63, 3.8) is 0 Å². The van der Waals surface area contributed by atoms with E-state index in [4.69, 9.17) is 0 Å². The van der Waals surface area contributed by atoms with Crippen molar-refractivity contribution in [3.8, 4) is 0 Å². The lowest BCUT2D eigenvalue weighted by molar-refractivity contribution is 0.514. The van der Waals surface area contributed by atoms with Crippen LogP contribution in [0.1, 0.15) is 342 Å². The van der Waals surface area contributed by atoms with Crippen molar-refractivity contribution in [2.75, 3.05) is 0 Å². The number of hydrogen-bond donors (Lipinski definition) is 0. The van der Waals surface area contributed by atoms with Gasteiger partial charge in [-0.1, -0.05) is 238 Å². The van der Waals surface area contributed by atoms with Crippen LogP contribution in [-0.4, -0.2) is 34.9 Å². The third-order valence-corrected chi connectivity index (χ3v) is 13.4. The highest BCUT2D eigenvalue weighted by molar-refractivity contribution is 7.12. The van der Waals surface area contributed by atoms with Crippen LogP contribution in [0.2, 0.25) is 0 Å². The molecule has 6 aromatic rings. The summed E-state index contributed by atoms with van der Waals surface area (Å²) in [6.45, 7) is 52.2. The van der Waals surface area contributed by atoms with E-state index in [1.165, 1.54) is 49.0 Å². The van der Waals surface area contributed by atoms with Gasteiger partial charge in [0.25, 0.3) is 0 Å². The van der Waals surface area contributed by atoms with Crippen molar-refractivity contribution < 1.29 is 0 Å². The maximum atomic E-state index is 4.40. The van der Waals surface area contributed by atoms with Gasteiger partial charge < -0.3 is 0 Å². The Morgan fingerprint density at radius 3 is 0.803 bits per heavy atom. The van der Waals surface area contributed by atoms with Crippen LogP contribution in [-0.2, 0) is 0 Å². The summed E-state index contributed by atoms with van der Waals surface area (Å²) >= 11 is 1.95. The predicted octanol–water partition coefficient (Wildman–Crippen LogP) is 23.1. The molecule has 0 saturated heterocycles. The molecular weight excluding hydrogens is 947 g/mol. The Kier molecular flexibility index (Phi) is 46.2. The molecule has 0 aliphatic carbocycles. The topological polar surface area (TPSA) is 82.3 Å². The van der Waals surface area contributed by atoms with Crippen LogP contribution >= 0.6 is 11.3 Å². The van der Waals surface area contributed by atoms with Crippen molar-refractivity contribution in [2.24, 2.45) is 0 Å². The van der Waals surface area contributed by atoms with Crippen LogP contribution in [0.25, 0.3) is 0 Å². The molecule has 1 aromatic carbocycles. The highest BCUT2D eigenvalue weighted by atomic mass is 32.1. The molecule has 5 heterocycles. The van der Waals surface area contributed by atoms with Crippen LogP contribution in [0.5, 0.6) is 0 Å². The molecule has 0 aliphatic rings. The van der Waals surface area contributed by atoms with Gasteiger partial charge in [-0.25, -0.2) is 14.6 Å². The van der Waals surface area contributed by atoms with Crippen molar-refractivity contribution in [1.82, 2.24) is 34.9 Å². The first-order valence-electron chi connectivity index (χ1n) is 26.5. The first-order chi connectivity index (χ1) is 32.7. The molecule has 0 radical (unpaired) electrons. The molecule has 0 atom stereocenters. The SMILES string of the molecule is C.C.C.C.C.C.CC(C)c1ccc(C(C)C)cc1.CC(C)c1ccc(C(C)C)nc1.CC(C)c1ccc(C(C)C)nc1.CC(C)c1ccc(C(C)C)s1.CC(C)c1cn(C(C)C)nn1.CC(C)c1cnc(C(C)C)nc1. The average Bonchev–Trinajstić information content (AvgIpc) is 4.03.